The molecular weight excluding hydrogens is 423 g/mol. The van der Waals surface area contributed by atoms with E-state index < -0.39 is 0 Å². The normalized spacial score (nSPS) is 11.1. The van der Waals surface area contributed by atoms with Crippen LogP contribution in [0.3, 0.4) is 0 Å². The van der Waals surface area contributed by atoms with E-state index in [0.29, 0.717) is 11.6 Å². The van der Waals surface area contributed by atoms with Crippen LogP contribution >= 0.6 is 24.0 Å². The van der Waals surface area contributed by atoms with E-state index in [-0.39, 0.29) is 54.4 Å². The summed E-state index contributed by atoms with van der Waals surface area (Å²) in [5.41, 5.74) is 0.325. The van der Waals surface area contributed by atoms with Crippen molar-refractivity contribution in [1.82, 2.24) is 20.9 Å². The number of guanidine groups is 1. The van der Waals surface area contributed by atoms with Crippen molar-refractivity contribution in [1.29, 1.82) is 0 Å². The lowest BCUT2D eigenvalue weighted by atomic mass is 10.1. The molecule has 4 N–H and O–H groups in total. The van der Waals surface area contributed by atoms with Crippen molar-refractivity contribution in [2.24, 2.45) is 4.99 Å². The number of pyridine rings is 1. The minimum absolute atomic E-state index is 0. The van der Waals surface area contributed by atoms with Gasteiger partial charge < -0.3 is 21.3 Å². The minimum atomic E-state index is -0.292. The van der Waals surface area contributed by atoms with E-state index in [1.807, 2.05) is 20.8 Å². The molecule has 0 atom stereocenters. The second-order valence-electron chi connectivity index (χ2n) is 5.87. The molecule has 1 rings (SSSR count). The van der Waals surface area contributed by atoms with E-state index in [0.717, 1.165) is 0 Å². The zero-order valence-corrected chi connectivity index (χ0v) is 16.7. The monoisotopic (exact) mass is 448 g/mol. The molecular formula is C15H25IN6O2. The molecule has 1 heterocycles. The number of rotatable bonds is 5. The van der Waals surface area contributed by atoms with Crippen LogP contribution in [0.25, 0.3) is 0 Å². The molecule has 1 aromatic heterocycles. The molecule has 0 bridgehead atoms. The number of carbonyl (C=O) groups is 2. The second kappa shape index (κ2) is 10.8. The van der Waals surface area contributed by atoms with Gasteiger partial charge in [-0.2, -0.15) is 0 Å². The Bertz CT molecular complexity index is 557. The van der Waals surface area contributed by atoms with Gasteiger partial charge in [-0.15, -0.1) is 24.0 Å². The molecule has 1 aromatic rings. The zero-order valence-electron chi connectivity index (χ0n) is 14.3. The Hall–Kier alpha value is -1.91. The first-order valence-corrected chi connectivity index (χ1v) is 7.25. The van der Waals surface area contributed by atoms with Crippen LogP contribution in [-0.4, -0.2) is 48.4 Å². The third-order valence-electron chi connectivity index (χ3n) is 2.52. The summed E-state index contributed by atoms with van der Waals surface area (Å²) in [4.78, 5) is 31.4. The summed E-state index contributed by atoms with van der Waals surface area (Å²) in [6.45, 7) is 5.80. The minimum Gasteiger partial charge on any atom is -0.350 e. The Balaban J connectivity index is 0.00000529. The van der Waals surface area contributed by atoms with Crippen LogP contribution in [0.4, 0.5) is 5.69 Å². The maximum Gasteiger partial charge on any atom is 0.243 e. The van der Waals surface area contributed by atoms with Gasteiger partial charge in [0.25, 0.3) is 0 Å². The van der Waals surface area contributed by atoms with E-state index in [1.54, 1.807) is 31.6 Å². The van der Waals surface area contributed by atoms with Gasteiger partial charge in [-0.25, -0.2) is 0 Å². The zero-order chi connectivity index (χ0) is 17.3. The van der Waals surface area contributed by atoms with Crippen molar-refractivity contribution in [3.05, 3.63) is 24.5 Å². The number of hydrogen-bond donors (Lipinski definition) is 4. The third kappa shape index (κ3) is 9.98. The highest BCUT2D eigenvalue weighted by molar-refractivity contribution is 14.0. The molecule has 134 valence electrons. The maximum absolute atomic E-state index is 11.8. The first-order valence-electron chi connectivity index (χ1n) is 7.25. The highest BCUT2D eigenvalue weighted by Crippen LogP contribution is 2.01. The van der Waals surface area contributed by atoms with Gasteiger partial charge in [0.15, 0.2) is 5.96 Å². The number of nitrogens with one attached hydrogen (secondary N) is 4. The SMILES string of the molecule is CN=C(NCC(=O)Nc1cccnc1)NCC(=O)NC(C)(C)C.I. The number of halogens is 1. The summed E-state index contributed by atoms with van der Waals surface area (Å²) >= 11 is 0. The lowest BCUT2D eigenvalue weighted by molar-refractivity contribution is -0.121. The lowest BCUT2D eigenvalue weighted by Gasteiger charge is -2.21. The van der Waals surface area contributed by atoms with Crippen LogP contribution < -0.4 is 21.3 Å². The molecule has 2 amide bonds. The molecule has 24 heavy (non-hydrogen) atoms. The quantitative estimate of drug-likeness (QED) is 0.302. The van der Waals surface area contributed by atoms with E-state index in [4.69, 9.17) is 0 Å². The molecule has 0 radical (unpaired) electrons. The number of aliphatic imine (C=N–C) groups is 1. The fourth-order valence-electron chi connectivity index (χ4n) is 1.65. The fraction of sp³-hybridized carbons (Fsp3) is 0.467. The Morgan fingerprint density at radius 3 is 2.29 bits per heavy atom. The maximum atomic E-state index is 11.8. The highest BCUT2D eigenvalue weighted by Gasteiger charge is 2.13. The predicted octanol–water partition coefficient (Wildman–Crippen LogP) is 0.718. The van der Waals surface area contributed by atoms with Crippen LogP contribution in [0.1, 0.15) is 20.8 Å². The van der Waals surface area contributed by atoms with E-state index in [2.05, 4.69) is 31.2 Å². The van der Waals surface area contributed by atoms with Crippen molar-refractivity contribution in [3.63, 3.8) is 0 Å². The summed E-state index contributed by atoms with van der Waals surface area (Å²) in [5.74, 6) is -0.0178. The van der Waals surface area contributed by atoms with E-state index in [1.165, 1.54) is 0 Å². The van der Waals surface area contributed by atoms with Crippen molar-refractivity contribution in [2.75, 3.05) is 25.5 Å². The Labute approximate surface area is 159 Å². The van der Waals surface area contributed by atoms with Crippen molar-refractivity contribution >= 4 is 47.4 Å². The van der Waals surface area contributed by atoms with Gasteiger partial charge in [-0.1, -0.05) is 0 Å². The van der Waals surface area contributed by atoms with Gasteiger partial charge in [-0.05, 0) is 32.9 Å². The first-order chi connectivity index (χ1) is 10.8. The molecule has 9 heteroatoms. The predicted molar refractivity (Wildman–Crippen MR) is 106 cm³/mol. The smallest absolute Gasteiger partial charge is 0.243 e. The molecule has 0 aromatic carbocycles. The molecule has 8 nitrogen and oxygen atoms in total. The summed E-state index contributed by atoms with van der Waals surface area (Å²) in [6.07, 6.45) is 3.18. The van der Waals surface area contributed by atoms with E-state index in [9.17, 15) is 9.59 Å². The van der Waals surface area contributed by atoms with Gasteiger partial charge in [0.1, 0.15) is 0 Å². The Kier molecular flexibility index (Phi) is 9.93. The molecule has 0 aliphatic carbocycles. The fourth-order valence-corrected chi connectivity index (χ4v) is 1.65. The van der Waals surface area contributed by atoms with Crippen LogP contribution in [0.2, 0.25) is 0 Å². The number of carbonyl (C=O) groups excluding carboxylic acids is 2. The van der Waals surface area contributed by atoms with Gasteiger partial charge in [0.2, 0.25) is 11.8 Å². The van der Waals surface area contributed by atoms with Crippen LogP contribution in [0, 0.1) is 0 Å². The average molecular weight is 448 g/mol. The first kappa shape index (κ1) is 22.1. The Morgan fingerprint density at radius 2 is 1.79 bits per heavy atom. The number of hydrogen-bond acceptors (Lipinski definition) is 4. The molecule has 0 spiro atoms. The number of amides is 2. The van der Waals surface area contributed by atoms with Gasteiger partial charge >= 0.3 is 0 Å². The Morgan fingerprint density at radius 1 is 1.17 bits per heavy atom. The summed E-state index contributed by atoms with van der Waals surface area (Å²) in [5, 5.41) is 11.2. The molecule has 0 aliphatic rings. The molecule has 0 unspecified atom stereocenters. The highest BCUT2D eigenvalue weighted by atomic mass is 127. The van der Waals surface area contributed by atoms with Crippen LogP contribution in [0.15, 0.2) is 29.5 Å². The van der Waals surface area contributed by atoms with E-state index >= 15 is 0 Å². The summed E-state index contributed by atoms with van der Waals surface area (Å²) in [7, 11) is 1.57. The van der Waals surface area contributed by atoms with Crippen molar-refractivity contribution in [3.8, 4) is 0 Å². The lowest BCUT2D eigenvalue weighted by Crippen LogP contribution is -2.49. The van der Waals surface area contributed by atoms with Gasteiger partial charge in [-0.3, -0.25) is 19.6 Å². The second-order valence-corrected chi connectivity index (χ2v) is 5.87. The number of anilines is 1. The van der Waals surface area contributed by atoms with Crippen LogP contribution in [0.5, 0.6) is 0 Å². The largest absolute Gasteiger partial charge is 0.350 e. The summed E-state index contributed by atoms with van der Waals surface area (Å²) in [6, 6.07) is 3.48. The molecule has 0 saturated carbocycles. The average Bonchev–Trinajstić information content (AvgIpc) is 2.46. The topological polar surface area (TPSA) is 108 Å². The number of aromatic nitrogens is 1. The van der Waals surface area contributed by atoms with Gasteiger partial charge in [0, 0.05) is 18.8 Å². The van der Waals surface area contributed by atoms with Crippen molar-refractivity contribution in [2.45, 2.75) is 26.3 Å². The number of nitrogens with zero attached hydrogens (tertiary/aromatic N) is 2. The standard InChI is InChI=1S/C15H24N6O2.HI/c1-15(2,3)21-13(23)10-19-14(16-4)18-9-12(22)20-11-6-5-7-17-8-11;/h5-8H,9-10H2,1-4H3,(H,20,22)(H,21,23)(H2,16,18,19);1H. The van der Waals surface area contributed by atoms with Crippen molar-refractivity contribution < 1.29 is 9.59 Å². The molecule has 0 saturated heterocycles. The van der Waals surface area contributed by atoms with Crippen LogP contribution in [-0.2, 0) is 9.59 Å². The molecule has 0 fully saturated rings. The summed E-state index contributed by atoms with van der Waals surface area (Å²) < 4.78 is 0. The molecule has 0 aliphatic heterocycles. The van der Waals surface area contributed by atoms with Gasteiger partial charge in [0.05, 0.1) is 25.0 Å². The third-order valence-corrected chi connectivity index (χ3v) is 2.52.